The van der Waals surface area contributed by atoms with Gasteiger partial charge in [0, 0.05) is 12.2 Å². The highest BCUT2D eigenvalue weighted by atomic mass is 32.2. The van der Waals surface area contributed by atoms with Crippen LogP contribution < -0.4 is 15.8 Å². The van der Waals surface area contributed by atoms with Gasteiger partial charge < -0.3 is 11.1 Å². The number of benzene rings is 1. The maximum absolute atomic E-state index is 11.9. The molecule has 1 aromatic carbocycles. The summed E-state index contributed by atoms with van der Waals surface area (Å²) in [4.78, 5) is 11.3. The van der Waals surface area contributed by atoms with Crippen molar-refractivity contribution in [1.29, 1.82) is 0 Å². The van der Waals surface area contributed by atoms with Gasteiger partial charge in [0.05, 0.1) is 11.4 Å². The number of carbonyl (C=O) groups excluding carboxylic acids is 1. The van der Waals surface area contributed by atoms with Crippen LogP contribution in [0, 0.1) is 6.92 Å². The zero-order chi connectivity index (χ0) is 13.8. The van der Waals surface area contributed by atoms with Crippen LogP contribution >= 0.6 is 0 Å². The quantitative estimate of drug-likeness (QED) is 0.656. The Morgan fingerprint density at radius 3 is 2.61 bits per heavy atom. The van der Waals surface area contributed by atoms with Gasteiger partial charge in [-0.15, -0.1) is 0 Å². The van der Waals surface area contributed by atoms with Crippen LogP contribution in [0.15, 0.2) is 23.1 Å². The molecular formula is C11H17N3O3S. The largest absolute Gasteiger partial charge is 0.399 e. The fraction of sp³-hybridized carbons (Fsp3) is 0.364. The molecule has 1 aromatic rings. The predicted octanol–water partition coefficient (Wildman–Crippen LogP) is -0.00838. The Hall–Kier alpha value is -1.60. The number of anilines is 1. The maximum atomic E-state index is 11.9. The highest BCUT2D eigenvalue weighted by molar-refractivity contribution is 7.89. The van der Waals surface area contributed by atoms with Gasteiger partial charge in [-0.3, -0.25) is 4.79 Å². The van der Waals surface area contributed by atoms with Crippen LogP contribution in [0.2, 0.25) is 0 Å². The number of carbonyl (C=O) groups is 1. The van der Waals surface area contributed by atoms with Gasteiger partial charge in [-0.05, 0) is 37.6 Å². The lowest BCUT2D eigenvalue weighted by Crippen LogP contribution is -2.36. The number of hydrogen-bond acceptors (Lipinski definition) is 4. The summed E-state index contributed by atoms with van der Waals surface area (Å²) in [5.74, 6) is -0.367. The summed E-state index contributed by atoms with van der Waals surface area (Å²) in [5, 5.41) is 2.51. The molecule has 0 saturated carbocycles. The van der Waals surface area contributed by atoms with Crippen molar-refractivity contribution in [1.82, 2.24) is 10.0 Å². The summed E-state index contributed by atoms with van der Waals surface area (Å²) >= 11 is 0. The van der Waals surface area contributed by atoms with Gasteiger partial charge in [-0.2, -0.15) is 0 Å². The number of rotatable bonds is 5. The van der Waals surface area contributed by atoms with E-state index in [9.17, 15) is 13.2 Å². The summed E-state index contributed by atoms with van der Waals surface area (Å²) in [6, 6.07) is 4.50. The first-order valence-corrected chi connectivity index (χ1v) is 6.97. The summed E-state index contributed by atoms with van der Waals surface area (Å²) in [7, 11) is -3.69. The summed E-state index contributed by atoms with van der Waals surface area (Å²) in [5.41, 5.74) is 6.59. The molecule has 0 aliphatic carbocycles. The molecule has 0 fully saturated rings. The van der Waals surface area contributed by atoms with Gasteiger partial charge in [0.1, 0.15) is 0 Å². The molecule has 0 atom stereocenters. The SMILES string of the molecule is CCNC(=O)CNS(=O)(=O)c1ccc(N)cc1C. The Morgan fingerprint density at radius 2 is 2.06 bits per heavy atom. The number of sulfonamides is 1. The van der Waals surface area contributed by atoms with Crippen LogP contribution in [0.3, 0.4) is 0 Å². The molecular weight excluding hydrogens is 254 g/mol. The summed E-state index contributed by atoms with van der Waals surface area (Å²) < 4.78 is 26.1. The zero-order valence-corrected chi connectivity index (χ0v) is 11.2. The first-order chi connectivity index (χ1) is 8.36. The van der Waals surface area contributed by atoms with E-state index in [1.54, 1.807) is 19.9 Å². The van der Waals surface area contributed by atoms with E-state index in [0.29, 0.717) is 17.8 Å². The lowest BCUT2D eigenvalue weighted by atomic mass is 10.2. The van der Waals surface area contributed by atoms with E-state index in [1.165, 1.54) is 12.1 Å². The van der Waals surface area contributed by atoms with Crippen LogP contribution in [-0.4, -0.2) is 27.4 Å². The third kappa shape index (κ3) is 3.71. The fourth-order valence-corrected chi connectivity index (χ4v) is 2.68. The number of nitrogen functional groups attached to an aromatic ring is 1. The minimum absolute atomic E-state index is 0.126. The monoisotopic (exact) mass is 271 g/mol. The lowest BCUT2D eigenvalue weighted by molar-refractivity contribution is -0.119. The van der Waals surface area contributed by atoms with Crippen LogP contribution in [0.4, 0.5) is 5.69 Å². The topological polar surface area (TPSA) is 101 Å². The Bertz CT molecular complexity index is 540. The molecule has 0 unspecified atom stereocenters. The second-order valence-corrected chi connectivity index (χ2v) is 5.54. The predicted molar refractivity (Wildman–Crippen MR) is 69.5 cm³/mol. The minimum atomic E-state index is -3.69. The molecule has 18 heavy (non-hydrogen) atoms. The van der Waals surface area contributed by atoms with Gasteiger partial charge in [-0.1, -0.05) is 0 Å². The van der Waals surface area contributed by atoms with E-state index in [-0.39, 0.29) is 17.3 Å². The van der Waals surface area contributed by atoms with Crippen molar-refractivity contribution in [3.63, 3.8) is 0 Å². The molecule has 0 radical (unpaired) electrons. The van der Waals surface area contributed by atoms with Crippen LogP contribution in [0.5, 0.6) is 0 Å². The number of nitrogens with two attached hydrogens (primary N) is 1. The molecule has 0 aliphatic heterocycles. The van der Waals surface area contributed by atoms with E-state index in [4.69, 9.17) is 5.73 Å². The Morgan fingerprint density at radius 1 is 1.39 bits per heavy atom. The molecule has 100 valence electrons. The lowest BCUT2D eigenvalue weighted by Gasteiger charge is -2.09. The number of aryl methyl sites for hydroxylation is 1. The van der Waals surface area contributed by atoms with Gasteiger partial charge in [-0.25, -0.2) is 13.1 Å². The minimum Gasteiger partial charge on any atom is -0.399 e. The van der Waals surface area contributed by atoms with E-state index >= 15 is 0 Å². The third-order valence-electron chi connectivity index (χ3n) is 2.29. The van der Waals surface area contributed by atoms with Crippen LogP contribution in [0.25, 0.3) is 0 Å². The van der Waals surface area contributed by atoms with Gasteiger partial charge >= 0.3 is 0 Å². The average Bonchev–Trinajstić information content (AvgIpc) is 2.26. The van der Waals surface area contributed by atoms with E-state index in [0.717, 1.165) is 0 Å². The number of amides is 1. The second-order valence-electron chi connectivity index (χ2n) is 3.80. The van der Waals surface area contributed by atoms with Gasteiger partial charge in [0.2, 0.25) is 15.9 Å². The smallest absolute Gasteiger partial charge is 0.241 e. The zero-order valence-electron chi connectivity index (χ0n) is 10.4. The van der Waals surface area contributed by atoms with Crippen molar-refractivity contribution < 1.29 is 13.2 Å². The van der Waals surface area contributed by atoms with Crippen molar-refractivity contribution in [2.45, 2.75) is 18.7 Å². The van der Waals surface area contributed by atoms with E-state index in [2.05, 4.69) is 10.0 Å². The fourth-order valence-electron chi connectivity index (χ4n) is 1.47. The first-order valence-electron chi connectivity index (χ1n) is 5.49. The van der Waals surface area contributed by atoms with Crippen LogP contribution in [0.1, 0.15) is 12.5 Å². The number of hydrogen-bond donors (Lipinski definition) is 3. The van der Waals surface area contributed by atoms with Crippen molar-refractivity contribution in [2.24, 2.45) is 0 Å². The molecule has 0 aliphatic rings. The molecule has 0 saturated heterocycles. The van der Waals surface area contributed by atoms with Crippen molar-refractivity contribution >= 4 is 21.6 Å². The third-order valence-corrected chi connectivity index (χ3v) is 3.85. The van der Waals surface area contributed by atoms with Gasteiger partial charge in [0.25, 0.3) is 0 Å². The standard InChI is InChI=1S/C11H17N3O3S/c1-3-13-11(15)7-14-18(16,17)10-5-4-9(12)6-8(10)2/h4-6,14H,3,7,12H2,1-2H3,(H,13,15). The molecule has 0 heterocycles. The van der Waals surface area contributed by atoms with Gasteiger partial charge in [0.15, 0.2) is 0 Å². The Labute approximate surface area is 107 Å². The Kier molecular flexibility index (Phi) is 4.69. The summed E-state index contributed by atoms with van der Waals surface area (Å²) in [6.07, 6.45) is 0. The molecule has 6 nitrogen and oxygen atoms in total. The molecule has 1 rings (SSSR count). The first kappa shape index (κ1) is 14.5. The number of likely N-dealkylation sites (N-methyl/N-ethyl adjacent to an activating group) is 1. The molecule has 4 N–H and O–H groups in total. The average molecular weight is 271 g/mol. The number of nitrogens with one attached hydrogen (secondary N) is 2. The normalized spacial score (nSPS) is 11.2. The summed E-state index contributed by atoms with van der Waals surface area (Å²) in [6.45, 7) is 3.59. The second kappa shape index (κ2) is 5.83. The van der Waals surface area contributed by atoms with E-state index < -0.39 is 10.0 Å². The Balaban J connectivity index is 2.83. The molecule has 0 bridgehead atoms. The van der Waals surface area contributed by atoms with E-state index in [1.807, 2.05) is 0 Å². The maximum Gasteiger partial charge on any atom is 0.241 e. The van der Waals surface area contributed by atoms with Crippen molar-refractivity contribution in [2.75, 3.05) is 18.8 Å². The molecule has 0 spiro atoms. The van der Waals surface area contributed by atoms with Crippen molar-refractivity contribution in [3.05, 3.63) is 23.8 Å². The highest BCUT2D eigenvalue weighted by Gasteiger charge is 2.17. The molecule has 1 amide bonds. The molecule has 7 heteroatoms. The highest BCUT2D eigenvalue weighted by Crippen LogP contribution is 2.17. The van der Waals surface area contributed by atoms with Crippen LogP contribution in [-0.2, 0) is 14.8 Å². The van der Waals surface area contributed by atoms with Crippen molar-refractivity contribution in [3.8, 4) is 0 Å². The molecule has 0 aromatic heterocycles.